The van der Waals surface area contributed by atoms with Crippen molar-refractivity contribution in [1.82, 2.24) is 5.32 Å². The number of halogens is 1. The summed E-state index contributed by atoms with van der Waals surface area (Å²) in [7, 11) is 0. The molecule has 0 amide bonds. The predicted molar refractivity (Wildman–Crippen MR) is 57.6 cm³/mol. The largest absolute Gasteiger partial charge is 0.486 e. The van der Waals surface area contributed by atoms with Gasteiger partial charge in [-0.25, -0.2) is 0 Å². The van der Waals surface area contributed by atoms with Crippen molar-refractivity contribution in [1.29, 1.82) is 0 Å². The summed E-state index contributed by atoms with van der Waals surface area (Å²) in [6.07, 6.45) is 0.265. The van der Waals surface area contributed by atoms with Crippen LogP contribution < -0.4 is 19.5 Å². The Morgan fingerprint density at radius 1 is 1.27 bits per heavy atom. The van der Waals surface area contributed by atoms with E-state index in [1.54, 1.807) is 0 Å². The first kappa shape index (κ1) is 9.30. The molecule has 15 heavy (non-hydrogen) atoms. The molecule has 3 rings (SSSR count). The third-order valence-electron chi connectivity index (χ3n) is 2.46. The average molecular weight is 272 g/mol. The number of ether oxygens (including phenoxy) is 3. The van der Waals surface area contributed by atoms with E-state index in [-0.39, 0.29) is 12.9 Å². The smallest absolute Gasteiger partial charge is 0.231 e. The third kappa shape index (κ3) is 1.66. The molecule has 1 aromatic rings. The van der Waals surface area contributed by atoms with Crippen LogP contribution in [0.25, 0.3) is 0 Å². The molecule has 0 atom stereocenters. The number of hydrogen-bond acceptors (Lipinski definition) is 4. The van der Waals surface area contributed by atoms with Crippen molar-refractivity contribution in [3.05, 3.63) is 16.6 Å². The standard InChI is InChI=1S/C10H10BrNO3/c11-7-1-9-10(14-5-13-9)2-8(7)15-6-3-12-4-6/h1-2,6,12H,3-5H2. The third-order valence-corrected chi connectivity index (χ3v) is 3.08. The van der Waals surface area contributed by atoms with Crippen molar-refractivity contribution in [3.63, 3.8) is 0 Å². The molecule has 2 heterocycles. The maximum atomic E-state index is 5.76. The second kappa shape index (κ2) is 3.57. The molecule has 1 N–H and O–H groups in total. The average Bonchev–Trinajstić information content (AvgIpc) is 2.58. The summed E-state index contributed by atoms with van der Waals surface area (Å²) >= 11 is 3.45. The van der Waals surface area contributed by atoms with E-state index < -0.39 is 0 Å². The molecule has 0 unspecified atom stereocenters. The highest BCUT2D eigenvalue weighted by molar-refractivity contribution is 9.10. The number of hydrogen-bond donors (Lipinski definition) is 1. The van der Waals surface area contributed by atoms with Gasteiger partial charge in [-0.2, -0.15) is 0 Å². The van der Waals surface area contributed by atoms with Crippen LogP contribution in [0.2, 0.25) is 0 Å². The van der Waals surface area contributed by atoms with Crippen LogP contribution in [0.1, 0.15) is 0 Å². The lowest BCUT2D eigenvalue weighted by atomic mass is 10.2. The molecule has 1 fully saturated rings. The molecule has 0 aromatic heterocycles. The van der Waals surface area contributed by atoms with Crippen molar-refractivity contribution in [3.8, 4) is 17.2 Å². The van der Waals surface area contributed by atoms with Crippen molar-refractivity contribution in [2.24, 2.45) is 0 Å². The summed E-state index contributed by atoms with van der Waals surface area (Å²) in [5.74, 6) is 2.33. The van der Waals surface area contributed by atoms with Crippen LogP contribution in [0.4, 0.5) is 0 Å². The minimum Gasteiger partial charge on any atom is -0.486 e. The first-order valence-corrected chi connectivity index (χ1v) is 5.59. The van der Waals surface area contributed by atoms with Crippen molar-refractivity contribution < 1.29 is 14.2 Å². The second-order valence-electron chi connectivity index (χ2n) is 3.53. The summed E-state index contributed by atoms with van der Waals surface area (Å²) < 4.78 is 17.2. The van der Waals surface area contributed by atoms with Gasteiger partial charge in [-0.15, -0.1) is 0 Å². The number of rotatable bonds is 2. The van der Waals surface area contributed by atoms with Crippen LogP contribution in [0.15, 0.2) is 16.6 Å². The highest BCUT2D eigenvalue weighted by atomic mass is 79.9. The molecule has 5 heteroatoms. The summed E-state index contributed by atoms with van der Waals surface area (Å²) in [5, 5.41) is 3.16. The van der Waals surface area contributed by atoms with Gasteiger partial charge in [0, 0.05) is 25.2 Å². The van der Waals surface area contributed by atoms with E-state index in [4.69, 9.17) is 14.2 Å². The van der Waals surface area contributed by atoms with Crippen LogP contribution in [-0.2, 0) is 0 Å². The molecule has 2 aliphatic heterocycles. The molecular formula is C10H10BrNO3. The van der Waals surface area contributed by atoms with Gasteiger partial charge in [0.25, 0.3) is 0 Å². The number of nitrogens with one attached hydrogen (secondary N) is 1. The number of fused-ring (bicyclic) bond motifs is 1. The Hall–Kier alpha value is -0.940. The molecule has 0 bridgehead atoms. The maximum absolute atomic E-state index is 5.76. The van der Waals surface area contributed by atoms with Crippen molar-refractivity contribution >= 4 is 15.9 Å². The quantitative estimate of drug-likeness (QED) is 0.886. The highest BCUT2D eigenvalue weighted by Crippen LogP contribution is 2.40. The fourth-order valence-electron chi connectivity index (χ4n) is 1.51. The Kier molecular flexibility index (Phi) is 2.21. The second-order valence-corrected chi connectivity index (χ2v) is 4.39. The molecule has 0 aliphatic carbocycles. The van der Waals surface area contributed by atoms with Gasteiger partial charge in [0.05, 0.1) is 4.47 Å². The van der Waals surface area contributed by atoms with Gasteiger partial charge in [-0.05, 0) is 15.9 Å². The van der Waals surface area contributed by atoms with E-state index in [0.717, 1.165) is 34.8 Å². The Bertz CT molecular complexity index is 392. The Labute approximate surface area is 95.6 Å². The Balaban J connectivity index is 1.86. The minimum atomic E-state index is 0.265. The van der Waals surface area contributed by atoms with Crippen LogP contribution in [-0.4, -0.2) is 26.0 Å². The van der Waals surface area contributed by atoms with E-state index in [1.807, 2.05) is 12.1 Å². The van der Waals surface area contributed by atoms with Crippen molar-refractivity contribution in [2.45, 2.75) is 6.10 Å². The molecule has 80 valence electrons. The first-order chi connectivity index (χ1) is 7.33. The van der Waals surface area contributed by atoms with Gasteiger partial charge >= 0.3 is 0 Å². The van der Waals surface area contributed by atoms with Gasteiger partial charge in [0.2, 0.25) is 6.79 Å². The zero-order chi connectivity index (χ0) is 10.3. The molecule has 1 saturated heterocycles. The SMILES string of the molecule is Brc1cc2c(cc1OC1CNC1)OCO2. The normalized spacial score (nSPS) is 18.7. The van der Waals surface area contributed by atoms with Gasteiger partial charge in [-0.3, -0.25) is 0 Å². The summed E-state index contributed by atoms with van der Waals surface area (Å²) in [5.41, 5.74) is 0. The first-order valence-electron chi connectivity index (χ1n) is 4.79. The van der Waals surface area contributed by atoms with Gasteiger partial charge in [-0.1, -0.05) is 0 Å². The Morgan fingerprint density at radius 2 is 2.00 bits per heavy atom. The lowest BCUT2D eigenvalue weighted by Gasteiger charge is -2.28. The van der Waals surface area contributed by atoms with E-state index in [0.29, 0.717) is 0 Å². The zero-order valence-electron chi connectivity index (χ0n) is 7.96. The van der Waals surface area contributed by atoms with Crippen LogP contribution in [0.5, 0.6) is 17.2 Å². The predicted octanol–water partition coefficient (Wildman–Crippen LogP) is 1.53. The van der Waals surface area contributed by atoms with Crippen LogP contribution in [0, 0.1) is 0 Å². The van der Waals surface area contributed by atoms with E-state index in [1.165, 1.54) is 0 Å². The molecule has 0 radical (unpaired) electrons. The number of benzene rings is 1. The molecule has 0 spiro atoms. The molecular weight excluding hydrogens is 262 g/mol. The van der Waals surface area contributed by atoms with E-state index in [2.05, 4.69) is 21.2 Å². The van der Waals surface area contributed by atoms with E-state index >= 15 is 0 Å². The van der Waals surface area contributed by atoms with E-state index in [9.17, 15) is 0 Å². The van der Waals surface area contributed by atoms with Gasteiger partial charge in [0.15, 0.2) is 11.5 Å². The fraction of sp³-hybridized carbons (Fsp3) is 0.400. The molecule has 4 nitrogen and oxygen atoms in total. The Morgan fingerprint density at radius 3 is 2.67 bits per heavy atom. The lowest BCUT2D eigenvalue weighted by Crippen LogP contribution is -2.50. The summed E-state index contributed by atoms with van der Waals surface area (Å²) in [6.45, 7) is 2.10. The minimum absolute atomic E-state index is 0.265. The monoisotopic (exact) mass is 271 g/mol. The molecule has 1 aromatic carbocycles. The molecule has 2 aliphatic rings. The topological polar surface area (TPSA) is 39.7 Å². The summed E-state index contributed by atoms with van der Waals surface area (Å²) in [4.78, 5) is 0. The van der Waals surface area contributed by atoms with Crippen molar-refractivity contribution in [2.75, 3.05) is 19.9 Å². The van der Waals surface area contributed by atoms with Crippen LogP contribution in [0.3, 0.4) is 0 Å². The molecule has 0 saturated carbocycles. The fourth-order valence-corrected chi connectivity index (χ4v) is 1.93. The zero-order valence-corrected chi connectivity index (χ0v) is 9.54. The highest BCUT2D eigenvalue weighted by Gasteiger charge is 2.22. The maximum Gasteiger partial charge on any atom is 0.231 e. The van der Waals surface area contributed by atoms with Gasteiger partial charge < -0.3 is 19.5 Å². The van der Waals surface area contributed by atoms with Crippen LogP contribution >= 0.6 is 15.9 Å². The lowest BCUT2D eigenvalue weighted by molar-refractivity contribution is 0.140. The van der Waals surface area contributed by atoms with Gasteiger partial charge in [0.1, 0.15) is 11.9 Å². The summed E-state index contributed by atoms with van der Waals surface area (Å²) in [6, 6.07) is 3.74.